The first kappa shape index (κ1) is 9.76. The van der Waals surface area contributed by atoms with Gasteiger partial charge < -0.3 is 4.43 Å². The molecule has 56 valence electrons. The molecule has 0 aliphatic rings. The van der Waals surface area contributed by atoms with E-state index in [1.54, 1.807) is 0 Å². The molecule has 0 spiro atoms. The van der Waals surface area contributed by atoms with Gasteiger partial charge in [-0.05, 0) is 13.0 Å². The second-order valence-electron chi connectivity index (χ2n) is 1.82. The summed E-state index contributed by atoms with van der Waals surface area (Å²) in [5.41, 5.74) is 0. The Balaban J connectivity index is 3.43. The van der Waals surface area contributed by atoms with E-state index in [-0.39, 0.29) is 0 Å². The van der Waals surface area contributed by atoms with E-state index in [0.717, 1.165) is 12.5 Å². The first-order valence-electron chi connectivity index (χ1n) is 3.14. The fourth-order valence-electron chi connectivity index (χ4n) is 0.574. The Kier molecular flexibility index (Phi) is 4.94. The number of hydrogen-bond acceptors (Lipinski definition) is 1. The summed E-state index contributed by atoms with van der Waals surface area (Å²) in [6.07, 6.45) is 0.999. The summed E-state index contributed by atoms with van der Waals surface area (Å²) in [7, 11) is 0. The van der Waals surface area contributed by atoms with Crippen LogP contribution < -0.4 is 0 Å². The van der Waals surface area contributed by atoms with Crippen molar-refractivity contribution in [1.29, 1.82) is 0 Å². The molecule has 0 bridgehead atoms. The summed E-state index contributed by atoms with van der Waals surface area (Å²) in [4.78, 5) is 0. The molecular weight excluding hydrogens is 175 g/mol. The number of hydrogen-bond donors (Lipinski definition) is 0. The van der Waals surface area contributed by atoms with Crippen LogP contribution in [0.4, 0.5) is 0 Å². The van der Waals surface area contributed by atoms with Gasteiger partial charge in [-0.2, -0.15) is 0 Å². The Morgan fingerprint density at radius 1 is 1.33 bits per heavy atom. The molecule has 0 aromatic carbocycles. The minimum atomic E-state index is -2.26. The van der Waals surface area contributed by atoms with Gasteiger partial charge in [0.1, 0.15) is 0 Å². The van der Waals surface area contributed by atoms with Gasteiger partial charge in [0.25, 0.3) is 0 Å². The van der Waals surface area contributed by atoms with Gasteiger partial charge in [-0.1, -0.05) is 13.3 Å². The van der Waals surface area contributed by atoms with Gasteiger partial charge in [0, 0.05) is 6.61 Å². The molecule has 0 saturated carbocycles. The molecule has 0 aliphatic carbocycles. The van der Waals surface area contributed by atoms with Gasteiger partial charge in [0.2, 0.25) is 0 Å². The predicted octanol–water partition coefficient (Wildman–Crippen LogP) is 2.85. The average molecular weight is 187 g/mol. The molecule has 1 nitrogen and oxygen atoms in total. The van der Waals surface area contributed by atoms with E-state index in [9.17, 15) is 0 Å². The zero-order valence-electron chi connectivity index (χ0n) is 5.79. The van der Waals surface area contributed by atoms with E-state index >= 15 is 0 Å². The van der Waals surface area contributed by atoms with Crippen molar-refractivity contribution in [3.63, 3.8) is 0 Å². The minimum absolute atomic E-state index is 0.624. The highest BCUT2D eigenvalue weighted by Crippen LogP contribution is 2.22. The van der Waals surface area contributed by atoms with Crippen LogP contribution >= 0.6 is 22.2 Å². The van der Waals surface area contributed by atoms with Crippen molar-refractivity contribution < 1.29 is 4.43 Å². The van der Waals surface area contributed by atoms with Crippen LogP contribution in [-0.4, -0.2) is 13.5 Å². The van der Waals surface area contributed by atoms with E-state index in [2.05, 4.69) is 0 Å². The maximum atomic E-state index is 5.82. The lowest BCUT2D eigenvalue weighted by molar-refractivity contribution is 0.347. The van der Waals surface area contributed by atoms with Crippen molar-refractivity contribution in [2.45, 2.75) is 26.3 Å². The lowest BCUT2D eigenvalue weighted by Gasteiger charge is -2.13. The monoisotopic (exact) mass is 186 g/mol. The summed E-state index contributed by atoms with van der Waals surface area (Å²) in [5, 5.41) is 0. The highest BCUT2D eigenvalue weighted by molar-refractivity contribution is 7.42. The first-order chi connectivity index (χ1) is 4.12. The maximum absolute atomic E-state index is 5.82. The van der Waals surface area contributed by atoms with Crippen molar-refractivity contribution in [3.05, 3.63) is 0 Å². The van der Waals surface area contributed by atoms with Crippen molar-refractivity contribution in [1.82, 2.24) is 0 Å². The fraction of sp³-hybridized carbons (Fsp3) is 1.00. The Labute approximate surface area is 66.8 Å². The zero-order valence-corrected chi connectivity index (χ0v) is 8.30. The molecule has 0 unspecified atom stereocenters. The second kappa shape index (κ2) is 4.55. The molecular formula is C5H12Cl2OSi. The normalized spacial score (nSPS) is 12.0. The smallest absolute Gasteiger partial charge is 0.389 e. The van der Waals surface area contributed by atoms with Crippen molar-refractivity contribution in [2.75, 3.05) is 6.61 Å². The van der Waals surface area contributed by atoms with Crippen LogP contribution in [0.3, 0.4) is 0 Å². The summed E-state index contributed by atoms with van der Waals surface area (Å²) in [5.74, 6) is 0. The summed E-state index contributed by atoms with van der Waals surface area (Å²) < 4.78 is 5.14. The third-order valence-electron chi connectivity index (χ3n) is 0.897. The van der Waals surface area contributed by atoms with Crippen molar-refractivity contribution in [3.8, 4) is 0 Å². The molecule has 4 heteroatoms. The molecule has 0 heterocycles. The highest BCUT2D eigenvalue weighted by Gasteiger charge is 2.28. The molecule has 0 amide bonds. The molecule has 0 saturated heterocycles. The standard InChI is InChI=1S/C5H12Cl2OSi/c1-3-5-9(6,7)8-4-2/h3-5H2,1-2H3. The van der Waals surface area contributed by atoms with Gasteiger partial charge in [0.05, 0.1) is 0 Å². The molecule has 9 heavy (non-hydrogen) atoms. The van der Waals surface area contributed by atoms with E-state index in [0.29, 0.717) is 6.61 Å². The maximum Gasteiger partial charge on any atom is 0.389 e. The van der Waals surface area contributed by atoms with Crippen LogP contribution in [-0.2, 0) is 4.43 Å². The van der Waals surface area contributed by atoms with E-state index in [1.165, 1.54) is 0 Å². The largest absolute Gasteiger partial charge is 0.393 e. The molecule has 0 fully saturated rings. The highest BCUT2D eigenvalue weighted by atomic mass is 35.7. The van der Waals surface area contributed by atoms with Crippen LogP contribution in [0, 0.1) is 0 Å². The minimum Gasteiger partial charge on any atom is -0.393 e. The van der Waals surface area contributed by atoms with Crippen LogP contribution in [0.15, 0.2) is 0 Å². The Morgan fingerprint density at radius 2 is 1.89 bits per heavy atom. The SMILES string of the molecule is CCC[Si](Cl)(Cl)OCC. The summed E-state index contributed by atoms with van der Waals surface area (Å²) in [6, 6.07) is 0.823. The third kappa shape index (κ3) is 5.21. The summed E-state index contributed by atoms with van der Waals surface area (Å²) in [6.45, 7) is 2.32. The Hall–Kier alpha value is 0.757. The topological polar surface area (TPSA) is 9.23 Å². The molecule has 0 atom stereocenters. The van der Waals surface area contributed by atoms with Crippen LogP contribution in [0.2, 0.25) is 6.04 Å². The zero-order chi connectivity index (χ0) is 7.33. The van der Waals surface area contributed by atoms with Gasteiger partial charge in [0.15, 0.2) is 0 Å². The molecule has 0 aromatic rings. The molecule has 0 N–H and O–H groups in total. The first-order valence-corrected chi connectivity index (χ1v) is 7.28. The Morgan fingerprint density at radius 3 is 2.22 bits per heavy atom. The third-order valence-corrected chi connectivity index (χ3v) is 4.48. The Bertz CT molecular complexity index is 69.4. The van der Waals surface area contributed by atoms with Crippen molar-refractivity contribution >= 4 is 29.1 Å². The van der Waals surface area contributed by atoms with Gasteiger partial charge >= 0.3 is 6.94 Å². The van der Waals surface area contributed by atoms with Gasteiger partial charge in [-0.3, -0.25) is 0 Å². The number of rotatable bonds is 4. The summed E-state index contributed by atoms with van der Waals surface area (Å²) >= 11 is 11.6. The van der Waals surface area contributed by atoms with E-state index in [1.807, 2.05) is 13.8 Å². The lowest BCUT2D eigenvalue weighted by Crippen LogP contribution is -2.23. The average Bonchev–Trinajstić information content (AvgIpc) is 1.64. The molecule has 0 radical (unpaired) electrons. The fourth-order valence-corrected chi connectivity index (χ4v) is 3.51. The van der Waals surface area contributed by atoms with Crippen LogP contribution in [0.1, 0.15) is 20.3 Å². The van der Waals surface area contributed by atoms with Gasteiger partial charge in [-0.25, -0.2) is 0 Å². The van der Waals surface area contributed by atoms with Gasteiger partial charge in [-0.15, -0.1) is 22.2 Å². The quantitative estimate of drug-likeness (QED) is 0.485. The van der Waals surface area contributed by atoms with E-state index < -0.39 is 6.94 Å². The number of halogens is 2. The second-order valence-corrected chi connectivity index (χ2v) is 8.13. The van der Waals surface area contributed by atoms with Crippen LogP contribution in [0.25, 0.3) is 0 Å². The molecule has 0 aliphatic heterocycles. The van der Waals surface area contributed by atoms with E-state index in [4.69, 9.17) is 26.6 Å². The molecule has 0 rings (SSSR count). The predicted molar refractivity (Wildman–Crippen MR) is 44.2 cm³/mol. The van der Waals surface area contributed by atoms with Crippen molar-refractivity contribution in [2.24, 2.45) is 0 Å². The molecule has 0 aromatic heterocycles. The lowest BCUT2D eigenvalue weighted by atomic mass is 10.6. The van der Waals surface area contributed by atoms with Crippen LogP contribution in [0.5, 0.6) is 0 Å².